The smallest absolute Gasteiger partial charge is 0.416 e. The zero-order chi connectivity index (χ0) is 24.5. The van der Waals surface area contributed by atoms with Crippen LogP contribution in [0.2, 0.25) is 0 Å². The molecule has 7 nitrogen and oxygen atoms in total. The van der Waals surface area contributed by atoms with Crippen LogP contribution >= 0.6 is 0 Å². The van der Waals surface area contributed by atoms with E-state index in [9.17, 15) is 22.8 Å². The predicted molar refractivity (Wildman–Crippen MR) is 116 cm³/mol. The van der Waals surface area contributed by atoms with Crippen LogP contribution in [0.25, 0.3) is 0 Å². The van der Waals surface area contributed by atoms with Crippen LogP contribution in [0.5, 0.6) is 5.75 Å². The molecular formula is C24H31F3N2O5. The van der Waals surface area contributed by atoms with Crippen molar-refractivity contribution in [3.05, 3.63) is 29.3 Å². The van der Waals surface area contributed by atoms with E-state index in [0.29, 0.717) is 69.9 Å². The highest BCUT2D eigenvalue weighted by Gasteiger charge is 2.47. The topological polar surface area (TPSA) is 79.3 Å². The molecule has 34 heavy (non-hydrogen) atoms. The van der Waals surface area contributed by atoms with Gasteiger partial charge in [-0.25, -0.2) is 4.79 Å². The van der Waals surface area contributed by atoms with Gasteiger partial charge in [-0.15, -0.1) is 0 Å². The zero-order valence-corrected chi connectivity index (χ0v) is 19.3. The lowest BCUT2D eigenvalue weighted by molar-refractivity contribution is -0.143. The number of carboxylic acid groups (broad SMARTS) is 1. The first-order chi connectivity index (χ1) is 16.1. The summed E-state index contributed by atoms with van der Waals surface area (Å²) in [6.45, 7) is 2.91. The first kappa shape index (κ1) is 24.6. The molecule has 3 aliphatic rings. The van der Waals surface area contributed by atoms with Gasteiger partial charge in [-0.2, -0.15) is 13.2 Å². The Morgan fingerprint density at radius 2 is 1.88 bits per heavy atom. The van der Waals surface area contributed by atoms with E-state index >= 15 is 0 Å². The number of halogens is 3. The molecule has 0 aromatic heterocycles. The number of benzene rings is 1. The number of amides is 1. The molecule has 1 spiro atoms. The van der Waals surface area contributed by atoms with Gasteiger partial charge in [0.25, 0.3) is 0 Å². The van der Waals surface area contributed by atoms with E-state index in [2.05, 4.69) is 4.90 Å². The Balaban J connectivity index is 1.30. The molecular weight excluding hydrogens is 453 g/mol. The maximum atomic E-state index is 13.0. The summed E-state index contributed by atoms with van der Waals surface area (Å²) in [5.41, 5.74) is -0.579. The van der Waals surface area contributed by atoms with Crippen molar-refractivity contribution in [3.8, 4) is 5.75 Å². The third-order valence-corrected chi connectivity index (χ3v) is 7.49. The molecule has 4 rings (SSSR count). The number of rotatable bonds is 6. The van der Waals surface area contributed by atoms with Crippen LogP contribution in [0.1, 0.15) is 49.7 Å². The Morgan fingerprint density at radius 1 is 1.21 bits per heavy atom. The number of aliphatic carboxylic acids is 1. The summed E-state index contributed by atoms with van der Waals surface area (Å²) < 4.78 is 50.0. The van der Waals surface area contributed by atoms with Crippen molar-refractivity contribution in [1.29, 1.82) is 0 Å². The number of hydrogen-bond donors (Lipinski definition) is 1. The van der Waals surface area contributed by atoms with Crippen molar-refractivity contribution in [3.63, 3.8) is 0 Å². The third-order valence-electron chi connectivity index (χ3n) is 7.49. The first-order valence-electron chi connectivity index (χ1n) is 11.8. The summed E-state index contributed by atoms with van der Waals surface area (Å²) in [5.74, 6) is -0.504. The normalized spacial score (nSPS) is 25.4. The Hall–Kier alpha value is -2.49. The number of piperidine rings is 1. The summed E-state index contributed by atoms with van der Waals surface area (Å²) >= 11 is 0. The summed E-state index contributed by atoms with van der Waals surface area (Å²) in [5, 5.41) is 9.16. The molecule has 188 valence electrons. The fourth-order valence-corrected chi connectivity index (χ4v) is 5.41. The number of ether oxygens (including phenoxy) is 2. The Labute approximate surface area is 196 Å². The monoisotopic (exact) mass is 484 g/mol. The molecule has 1 aliphatic carbocycles. The van der Waals surface area contributed by atoms with Gasteiger partial charge in [0.2, 0.25) is 0 Å². The van der Waals surface area contributed by atoms with Crippen LogP contribution in [-0.4, -0.2) is 65.9 Å². The average Bonchev–Trinajstić information content (AvgIpc) is 3.09. The van der Waals surface area contributed by atoms with Gasteiger partial charge in [0, 0.05) is 44.6 Å². The highest BCUT2D eigenvalue weighted by atomic mass is 19.4. The number of carbonyl (C=O) groups is 2. The number of hydrogen-bond acceptors (Lipinski definition) is 5. The molecule has 0 radical (unpaired) electrons. The summed E-state index contributed by atoms with van der Waals surface area (Å²) in [4.78, 5) is 27.6. The van der Waals surface area contributed by atoms with Crippen LogP contribution in [-0.2, 0) is 22.3 Å². The fraction of sp³-hybridized carbons (Fsp3) is 0.667. The van der Waals surface area contributed by atoms with Crippen LogP contribution in [0.15, 0.2) is 18.2 Å². The average molecular weight is 485 g/mol. The summed E-state index contributed by atoms with van der Waals surface area (Å²) in [6.07, 6.45) is -0.511. The second-order valence-electron chi connectivity index (χ2n) is 9.79. The molecule has 1 N–H and O–H groups in total. The Bertz CT molecular complexity index is 906. The van der Waals surface area contributed by atoms with Crippen molar-refractivity contribution < 1.29 is 37.3 Å². The van der Waals surface area contributed by atoms with Gasteiger partial charge in [-0.3, -0.25) is 9.69 Å². The summed E-state index contributed by atoms with van der Waals surface area (Å²) in [7, 11) is 1.37. The van der Waals surface area contributed by atoms with Gasteiger partial charge in [0.05, 0.1) is 25.1 Å². The van der Waals surface area contributed by atoms with Gasteiger partial charge >= 0.3 is 18.2 Å². The molecule has 10 heteroatoms. The minimum absolute atomic E-state index is 0.214. The maximum Gasteiger partial charge on any atom is 0.416 e. The Morgan fingerprint density at radius 3 is 2.47 bits per heavy atom. The minimum atomic E-state index is -4.42. The van der Waals surface area contributed by atoms with E-state index in [1.807, 2.05) is 0 Å². The van der Waals surface area contributed by atoms with E-state index in [1.165, 1.54) is 13.2 Å². The lowest BCUT2D eigenvalue weighted by atomic mass is 9.81. The highest BCUT2D eigenvalue weighted by molar-refractivity contribution is 5.71. The number of carboxylic acids is 1. The highest BCUT2D eigenvalue weighted by Crippen LogP contribution is 2.37. The number of carbonyl (C=O) groups excluding carboxylic acids is 1. The van der Waals surface area contributed by atoms with Gasteiger partial charge < -0.3 is 19.5 Å². The molecule has 1 aromatic rings. The molecule has 2 aliphatic heterocycles. The maximum absolute atomic E-state index is 13.0. The quantitative estimate of drug-likeness (QED) is 0.645. The van der Waals surface area contributed by atoms with Crippen LogP contribution < -0.4 is 4.74 Å². The van der Waals surface area contributed by atoms with Gasteiger partial charge in [-0.1, -0.05) is 6.07 Å². The van der Waals surface area contributed by atoms with E-state index < -0.39 is 23.3 Å². The standard InChI is InChI=1S/C24H31F3N2O5/c1-33-20-12-19(24(25,26)27)7-6-18(20)14-28-10-8-23(9-11-28)15-29(22(32)34-23)13-16-2-4-17(5-3-16)21(30)31/h6-7,12,16-17H,2-5,8-11,13-15H2,1H3,(H,30,31). The van der Waals surface area contributed by atoms with E-state index in [4.69, 9.17) is 14.6 Å². The lowest BCUT2D eigenvalue weighted by Gasteiger charge is -2.37. The van der Waals surface area contributed by atoms with Gasteiger partial charge in [0.1, 0.15) is 11.4 Å². The van der Waals surface area contributed by atoms with E-state index in [1.54, 1.807) is 4.90 Å². The third kappa shape index (κ3) is 5.42. The molecule has 0 unspecified atom stereocenters. The molecule has 0 atom stereocenters. The molecule has 1 aromatic carbocycles. The largest absolute Gasteiger partial charge is 0.496 e. The van der Waals surface area contributed by atoms with Crippen LogP contribution in [0, 0.1) is 11.8 Å². The SMILES string of the molecule is COc1cc(C(F)(F)F)ccc1CN1CCC2(CC1)CN(CC1CCC(C(=O)O)CC1)C(=O)O2. The number of likely N-dealkylation sites (tertiary alicyclic amines) is 1. The molecule has 1 saturated carbocycles. The molecule has 0 bridgehead atoms. The van der Waals surface area contributed by atoms with Crippen LogP contribution in [0.4, 0.5) is 18.0 Å². The van der Waals surface area contributed by atoms with Crippen LogP contribution in [0.3, 0.4) is 0 Å². The number of alkyl halides is 3. The second kappa shape index (κ2) is 9.64. The number of nitrogens with zero attached hydrogens (tertiary/aromatic N) is 2. The first-order valence-corrected chi connectivity index (χ1v) is 11.8. The van der Waals surface area contributed by atoms with E-state index in [-0.39, 0.29) is 17.8 Å². The van der Waals surface area contributed by atoms with E-state index in [0.717, 1.165) is 25.0 Å². The van der Waals surface area contributed by atoms with Crippen molar-refractivity contribution in [2.75, 3.05) is 33.3 Å². The number of methoxy groups -OCH3 is 1. The molecule has 2 heterocycles. The lowest BCUT2D eigenvalue weighted by Crippen LogP contribution is -2.46. The predicted octanol–water partition coefficient (Wildman–Crippen LogP) is 4.39. The molecule has 3 fully saturated rings. The second-order valence-corrected chi connectivity index (χ2v) is 9.79. The van der Waals surface area contributed by atoms with Crippen molar-refractivity contribution in [1.82, 2.24) is 9.80 Å². The van der Waals surface area contributed by atoms with Crippen molar-refractivity contribution >= 4 is 12.1 Å². The van der Waals surface area contributed by atoms with Gasteiger partial charge in [0.15, 0.2) is 0 Å². The summed E-state index contributed by atoms with van der Waals surface area (Å²) in [6, 6.07) is 3.56. The zero-order valence-electron chi connectivity index (χ0n) is 19.3. The van der Waals surface area contributed by atoms with Crippen molar-refractivity contribution in [2.45, 2.75) is 56.8 Å². The van der Waals surface area contributed by atoms with Crippen molar-refractivity contribution in [2.24, 2.45) is 11.8 Å². The molecule has 1 amide bonds. The minimum Gasteiger partial charge on any atom is -0.496 e. The molecule has 2 saturated heterocycles. The van der Waals surface area contributed by atoms with Gasteiger partial charge in [-0.05, 0) is 43.7 Å². The Kier molecular flexibility index (Phi) is 6.98. The fourth-order valence-electron chi connectivity index (χ4n) is 5.41.